The molecule has 0 bridgehead atoms. The van der Waals surface area contributed by atoms with Crippen molar-refractivity contribution in [3.05, 3.63) is 99.9 Å². The smallest absolute Gasteiger partial charge is 0.282 e. The molecule has 158 valence electrons. The minimum absolute atomic E-state index is 0.0255. The maximum Gasteiger partial charge on any atom is 0.282 e. The number of fused-ring (bicyclic) bond motifs is 2. The number of sulfonamides is 1. The molecule has 0 fully saturated rings. The number of carbonyl (C=O) groups excluding carboxylic acids is 1. The van der Waals surface area contributed by atoms with Gasteiger partial charge in [-0.3, -0.25) is 4.79 Å². The second-order valence-electron chi connectivity index (χ2n) is 6.84. The number of aromatic nitrogens is 1. The van der Waals surface area contributed by atoms with E-state index in [9.17, 15) is 13.2 Å². The van der Waals surface area contributed by atoms with Crippen LogP contribution in [0.4, 0.5) is 0 Å². The first-order chi connectivity index (χ1) is 15.4. The molecule has 0 amide bonds. The maximum absolute atomic E-state index is 13.1. The van der Waals surface area contributed by atoms with E-state index in [1.165, 1.54) is 53.4 Å². The average Bonchev–Trinajstić information content (AvgIpc) is 3.19. The number of carbonyl (C=O) groups is 1. The molecule has 0 atom stereocenters. The van der Waals surface area contributed by atoms with E-state index in [4.69, 9.17) is 11.6 Å². The van der Waals surface area contributed by atoms with E-state index in [1.807, 2.05) is 24.3 Å². The Morgan fingerprint density at radius 3 is 2.34 bits per heavy atom. The molecule has 0 N–H and O–H groups in total. The molecule has 5 nitrogen and oxygen atoms in total. The highest BCUT2D eigenvalue weighted by atomic mass is 35.5. The Morgan fingerprint density at radius 2 is 1.59 bits per heavy atom. The van der Waals surface area contributed by atoms with Gasteiger partial charge in [0.25, 0.3) is 10.0 Å². The molecule has 0 aliphatic heterocycles. The zero-order chi connectivity index (χ0) is 22.3. The third kappa shape index (κ3) is 4.02. The number of halogens is 1. The molecule has 5 rings (SSSR count). The van der Waals surface area contributed by atoms with Crippen LogP contribution in [0.5, 0.6) is 0 Å². The second kappa shape index (κ2) is 8.29. The molecule has 1 heterocycles. The summed E-state index contributed by atoms with van der Waals surface area (Å²) in [5.74, 6) is -0.187. The van der Waals surface area contributed by atoms with Crippen molar-refractivity contribution >= 4 is 66.4 Å². The Hall–Kier alpha value is -2.78. The quantitative estimate of drug-likeness (QED) is 0.346. The summed E-state index contributed by atoms with van der Waals surface area (Å²) in [6.07, 6.45) is 1.52. The fourth-order valence-electron chi connectivity index (χ4n) is 3.23. The third-order valence-electron chi connectivity index (χ3n) is 4.74. The number of nitrogens with zero attached hydrogens (tertiary/aromatic N) is 2. The Labute approximate surface area is 197 Å². The number of rotatable bonds is 4. The van der Waals surface area contributed by atoms with Crippen molar-refractivity contribution in [3.63, 3.8) is 0 Å². The molecule has 0 saturated carbocycles. The van der Waals surface area contributed by atoms with Crippen molar-refractivity contribution < 1.29 is 13.2 Å². The predicted octanol–water partition coefficient (Wildman–Crippen LogP) is 6.00. The Morgan fingerprint density at radius 1 is 0.906 bits per heavy atom. The molecule has 0 radical (unpaired) electrons. The topological polar surface area (TPSA) is 76.5 Å². The second-order valence-corrected chi connectivity index (χ2v) is 11.2. The van der Waals surface area contributed by atoms with E-state index < -0.39 is 10.0 Å². The van der Waals surface area contributed by atoms with Crippen molar-refractivity contribution in [2.45, 2.75) is 9.24 Å². The fraction of sp³-hybridized carbons (Fsp3) is 0. The molecule has 1 aromatic heterocycles. The van der Waals surface area contributed by atoms with E-state index in [0.717, 1.165) is 10.2 Å². The highest BCUT2D eigenvalue weighted by molar-refractivity contribution is 8.05. The first-order valence-corrected chi connectivity index (χ1v) is 12.9. The van der Waals surface area contributed by atoms with Crippen LogP contribution in [0.15, 0.2) is 97.4 Å². The van der Waals surface area contributed by atoms with Gasteiger partial charge >= 0.3 is 0 Å². The third-order valence-corrected chi connectivity index (χ3v) is 8.42. The van der Waals surface area contributed by atoms with Gasteiger partial charge in [-0.2, -0.15) is 12.8 Å². The summed E-state index contributed by atoms with van der Waals surface area (Å²) in [6, 6.07) is 20.4. The van der Waals surface area contributed by atoms with Gasteiger partial charge in [0.2, 0.25) is 5.78 Å². The van der Waals surface area contributed by atoms with Crippen molar-refractivity contribution in [3.8, 4) is 0 Å². The number of allylic oxidation sites excluding steroid dienone is 2. The summed E-state index contributed by atoms with van der Waals surface area (Å²) < 4.78 is 31.6. The van der Waals surface area contributed by atoms with Gasteiger partial charge in [0.05, 0.1) is 25.7 Å². The number of thioether (sulfide) groups is 1. The SMILES string of the molecule is O=C1C(Sc2nc3ccccc3s2)=C/C(=N/S(=O)(=O)c2ccc(Cl)cc2)c2ccccc21. The number of para-hydroxylation sites is 1. The van der Waals surface area contributed by atoms with Crippen LogP contribution >= 0.6 is 34.7 Å². The van der Waals surface area contributed by atoms with E-state index in [2.05, 4.69) is 9.38 Å². The Bertz CT molecular complexity index is 1510. The summed E-state index contributed by atoms with van der Waals surface area (Å²) in [4.78, 5) is 18.1. The molecule has 0 saturated heterocycles. The molecule has 0 unspecified atom stereocenters. The fourth-order valence-corrected chi connectivity index (χ4v) is 6.46. The first kappa shape index (κ1) is 21.1. The Balaban J connectivity index is 1.59. The minimum atomic E-state index is -4.00. The maximum atomic E-state index is 13.1. The molecule has 32 heavy (non-hydrogen) atoms. The van der Waals surface area contributed by atoms with Crippen LogP contribution in [0.3, 0.4) is 0 Å². The molecular weight excluding hydrogens is 484 g/mol. The first-order valence-electron chi connectivity index (χ1n) is 9.40. The van der Waals surface area contributed by atoms with Crippen LogP contribution < -0.4 is 0 Å². The molecule has 1 aliphatic carbocycles. The number of benzene rings is 3. The van der Waals surface area contributed by atoms with Crippen LogP contribution in [0.25, 0.3) is 10.2 Å². The van der Waals surface area contributed by atoms with Gasteiger partial charge in [0.1, 0.15) is 0 Å². The zero-order valence-electron chi connectivity index (χ0n) is 16.2. The van der Waals surface area contributed by atoms with Gasteiger partial charge in [0.15, 0.2) is 4.34 Å². The lowest BCUT2D eigenvalue weighted by molar-refractivity contribution is 0.104. The largest absolute Gasteiger partial charge is 0.288 e. The summed E-state index contributed by atoms with van der Waals surface area (Å²) in [6.45, 7) is 0. The normalized spacial score (nSPS) is 15.1. The van der Waals surface area contributed by atoms with Crippen molar-refractivity contribution in [2.24, 2.45) is 4.40 Å². The summed E-state index contributed by atoms with van der Waals surface area (Å²) in [5.41, 5.74) is 1.94. The molecular formula is C23H13ClN2O3S3. The molecule has 4 aromatic rings. The van der Waals surface area contributed by atoms with Crippen molar-refractivity contribution in [1.29, 1.82) is 0 Å². The van der Waals surface area contributed by atoms with Gasteiger partial charge < -0.3 is 0 Å². The summed E-state index contributed by atoms with van der Waals surface area (Å²) in [5, 5.41) is 0.430. The monoisotopic (exact) mass is 496 g/mol. The van der Waals surface area contributed by atoms with Crippen LogP contribution in [0, 0.1) is 0 Å². The molecule has 9 heteroatoms. The van der Waals surface area contributed by atoms with E-state index in [0.29, 0.717) is 25.4 Å². The van der Waals surface area contributed by atoms with Gasteiger partial charge in [-0.05, 0) is 42.5 Å². The van der Waals surface area contributed by atoms with E-state index in [1.54, 1.807) is 24.3 Å². The number of ketones is 1. The predicted molar refractivity (Wildman–Crippen MR) is 130 cm³/mol. The molecule has 0 spiro atoms. The summed E-state index contributed by atoms with van der Waals surface area (Å²) >= 11 is 8.57. The number of hydrogen-bond donors (Lipinski definition) is 0. The van der Waals surface area contributed by atoms with Crippen molar-refractivity contribution in [1.82, 2.24) is 4.98 Å². The van der Waals surface area contributed by atoms with E-state index in [-0.39, 0.29) is 16.4 Å². The van der Waals surface area contributed by atoms with Gasteiger partial charge in [-0.25, -0.2) is 4.98 Å². The van der Waals surface area contributed by atoms with Crippen LogP contribution in [-0.4, -0.2) is 24.9 Å². The average molecular weight is 497 g/mol. The van der Waals surface area contributed by atoms with Gasteiger partial charge in [-0.1, -0.05) is 59.8 Å². The lowest BCUT2D eigenvalue weighted by Gasteiger charge is -2.16. The zero-order valence-corrected chi connectivity index (χ0v) is 19.4. The number of thiazole rings is 1. The van der Waals surface area contributed by atoms with Crippen LogP contribution in [0.2, 0.25) is 5.02 Å². The highest BCUT2D eigenvalue weighted by Crippen LogP contribution is 2.37. The number of Topliss-reactive ketones (excluding diaryl/α,β-unsaturated/α-hetero) is 1. The molecule has 1 aliphatic rings. The number of hydrogen-bond acceptors (Lipinski definition) is 6. The van der Waals surface area contributed by atoms with Gasteiger partial charge in [0, 0.05) is 16.1 Å². The van der Waals surface area contributed by atoms with Crippen molar-refractivity contribution in [2.75, 3.05) is 0 Å². The van der Waals surface area contributed by atoms with Gasteiger partial charge in [-0.15, -0.1) is 11.3 Å². The molecule has 3 aromatic carbocycles. The van der Waals surface area contributed by atoms with Crippen LogP contribution in [-0.2, 0) is 10.0 Å². The minimum Gasteiger partial charge on any atom is -0.288 e. The van der Waals surface area contributed by atoms with E-state index >= 15 is 0 Å². The lowest BCUT2D eigenvalue weighted by Crippen LogP contribution is -2.17. The summed E-state index contributed by atoms with van der Waals surface area (Å²) in [7, 11) is -4.00. The lowest BCUT2D eigenvalue weighted by atomic mass is 9.94. The Kier molecular flexibility index (Phi) is 5.46. The highest BCUT2D eigenvalue weighted by Gasteiger charge is 2.27. The van der Waals surface area contributed by atoms with Crippen LogP contribution in [0.1, 0.15) is 15.9 Å². The standard InChI is InChI=1S/C23H13ClN2O3S3/c24-14-9-11-15(12-10-14)32(28,29)26-19-13-21(22(27)17-6-2-1-5-16(17)19)31-23-25-18-7-3-4-8-20(18)30-23/h1-13H/b26-19-.